The molecule has 1 aromatic heterocycles. The Morgan fingerprint density at radius 2 is 2.42 bits per heavy atom. The van der Waals surface area contributed by atoms with Crippen LogP contribution in [0.15, 0.2) is 17.1 Å². The van der Waals surface area contributed by atoms with Crippen molar-refractivity contribution in [2.45, 2.75) is 12.8 Å². The van der Waals surface area contributed by atoms with Crippen molar-refractivity contribution < 1.29 is 9.15 Å². The zero-order valence-electron chi connectivity index (χ0n) is 7.19. The Kier molecular flexibility index (Phi) is 2.82. The lowest BCUT2D eigenvalue weighted by Crippen LogP contribution is -1.83. The van der Waals surface area contributed by atoms with Crippen molar-refractivity contribution in [3.05, 3.63) is 29.7 Å². The molecule has 2 nitrogen and oxygen atoms in total. The summed E-state index contributed by atoms with van der Waals surface area (Å²) in [4.78, 5) is 0. The Hall–Kier alpha value is -0.890. The quantitative estimate of drug-likeness (QED) is 0.535. The average Bonchev–Trinajstić information content (AvgIpc) is 2.45. The highest BCUT2D eigenvalue weighted by Crippen LogP contribution is 2.22. The molecule has 0 spiro atoms. The molecule has 1 aromatic rings. The first-order valence-electron chi connectivity index (χ1n) is 3.57. The summed E-state index contributed by atoms with van der Waals surface area (Å²) in [5.41, 5.74) is 0.883. The molecule has 3 heteroatoms. The van der Waals surface area contributed by atoms with Crippen LogP contribution in [0.1, 0.15) is 17.1 Å². The number of ether oxygens (including phenoxy) is 1. The number of hydrogen-bond donors (Lipinski definition) is 0. The summed E-state index contributed by atoms with van der Waals surface area (Å²) >= 11 is 5.60. The SMILES string of the molecule is C=C(OC)c1cc(CCl)oc1C. The Morgan fingerprint density at radius 3 is 2.83 bits per heavy atom. The van der Waals surface area contributed by atoms with Crippen LogP contribution in [0.5, 0.6) is 0 Å². The number of rotatable bonds is 3. The molecule has 0 amide bonds. The zero-order valence-corrected chi connectivity index (χ0v) is 7.94. The molecule has 0 unspecified atom stereocenters. The molecular weight excluding hydrogens is 176 g/mol. The van der Waals surface area contributed by atoms with E-state index in [1.54, 1.807) is 7.11 Å². The summed E-state index contributed by atoms with van der Waals surface area (Å²) in [6, 6.07) is 1.84. The summed E-state index contributed by atoms with van der Waals surface area (Å²) in [5.74, 6) is 2.50. The van der Waals surface area contributed by atoms with Crippen molar-refractivity contribution in [1.29, 1.82) is 0 Å². The average molecular weight is 187 g/mol. The minimum atomic E-state index is 0.373. The number of aryl methyl sites for hydroxylation is 1. The predicted molar refractivity (Wildman–Crippen MR) is 49.0 cm³/mol. The molecule has 12 heavy (non-hydrogen) atoms. The van der Waals surface area contributed by atoms with Gasteiger partial charge in [-0.05, 0) is 13.0 Å². The van der Waals surface area contributed by atoms with Gasteiger partial charge in [0.05, 0.1) is 18.6 Å². The van der Waals surface area contributed by atoms with Crippen LogP contribution in [0.3, 0.4) is 0 Å². The van der Waals surface area contributed by atoms with Gasteiger partial charge < -0.3 is 9.15 Å². The number of alkyl halides is 1. The van der Waals surface area contributed by atoms with Gasteiger partial charge in [-0.15, -0.1) is 11.6 Å². The Labute approximate surface area is 76.8 Å². The van der Waals surface area contributed by atoms with Crippen LogP contribution < -0.4 is 0 Å². The third-order valence-corrected chi connectivity index (χ3v) is 1.91. The van der Waals surface area contributed by atoms with Crippen LogP contribution in [-0.2, 0) is 10.6 Å². The van der Waals surface area contributed by atoms with Gasteiger partial charge in [0.2, 0.25) is 0 Å². The topological polar surface area (TPSA) is 22.4 Å². The third-order valence-electron chi connectivity index (χ3n) is 1.65. The van der Waals surface area contributed by atoms with Crippen LogP contribution in [-0.4, -0.2) is 7.11 Å². The van der Waals surface area contributed by atoms with Crippen LogP contribution in [0.4, 0.5) is 0 Å². The third kappa shape index (κ3) is 1.64. The van der Waals surface area contributed by atoms with Gasteiger partial charge in [0.1, 0.15) is 17.3 Å². The fraction of sp³-hybridized carbons (Fsp3) is 0.333. The van der Waals surface area contributed by atoms with E-state index in [4.69, 9.17) is 20.8 Å². The normalized spacial score (nSPS) is 9.92. The first-order valence-corrected chi connectivity index (χ1v) is 4.11. The van der Waals surface area contributed by atoms with Gasteiger partial charge >= 0.3 is 0 Å². The molecule has 66 valence electrons. The maximum Gasteiger partial charge on any atom is 0.122 e. The molecule has 0 saturated carbocycles. The molecular formula is C9H11ClO2. The largest absolute Gasteiger partial charge is 0.497 e. The van der Waals surface area contributed by atoms with Gasteiger partial charge in [0, 0.05) is 0 Å². The lowest BCUT2D eigenvalue weighted by atomic mass is 10.2. The predicted octanol–water partition coefficient (Wildman–Crippen LogP) is 2.94. The maximum absolute atomic E-state index is 5.60. The van der Waals surface area contributed by atoms with E-state index in [9.17, 15) is 0 Å². The molecule has 0 fully saturated rings. The summed E-state index contributed by atoms with van der Waals surface area (Å²) in [6.45, 7) is 5.58. The van der Waals surface area contributed by atoms with Gasteiger partial charge in [0.15, 0.2) is 0 Å². The van der Waals surface area contributed by atoms with E-state index in [1.165, 1.54) is 0 Å². The fourth-order valence-corrected chi connectivity index (χ4v) is 1.13. The van der Waals surface area contributed by atoms with Crippen LogP contribution in [0.2, 0.25) is 0 Å². The summed E-state index contributed by atoms with van der Waals surface area (Å²) in [6.07, 6.45) is 0. The molecule has 0 aliphatic carbocycles. The number of hydrogen-bond acceptors (Lipinski definition) is 2. The minimum Gasteiger partial charge on any atom is -0.497 e. The second-order valence-corrected chi connectivity index (χ2v) is 2.71. The van der Waals surface area contributed by atoms with Gasteiger partial charge in [0.25, 0.3) is 0 Å². The Balaban J connectivity index is 2.99. The highest BCUT2D eigenvalue weighted by Gasteiger charge is 2.09. The molecule has 0 N–H and O–H groups in total. The van der Waals surface area contributed by atoms with E-state index >= 15 is 0 Å². The molecule has 0 bridgehead atoms. The fourth-order valence-electron chi connectivity index (χ4n) is 0.996. The number of methoxy groups -OCH3 is 1. The molecule has 0 aromatic carbocycles. The minimum absolute atomic E-state index is 0.373. The van der Waals surface area contributed by atoms with Crippen molar-refractivity contribution >= 4 is 17.4 Å². The van der Waals surface area contributed by atoms with Gasteiger partial charge in [-0.3, -0.25) is 0 Å². The highest BCUT2D eigenvalue weighted by atomic mass is 35.5. The Bertz CT molecular complexity index is 289. The van der Waals surface area contributed by atoms with Crippen molar-refractivity contribution in [3.8, 4) is 0 Å². The summed E-state index contributed by atoms with van der Waals surface area (Å²) in [5, 5.41) is 0. The molecule has 0 aliphatic heterocycles. The Morgan fingerprint density at radius 1 is 1.75 bits per heavy atom. The van der Waals surface area contributed by atoms with E-state index < -0.39 is 0 Å². The lowest BCUT2D eigenvalue weighted by molar-refractivity contribution is 0.370. The van der Waals surface area contributed by atoms with Gasteiger partial charge in [-0.2, -0.15) is 0 Å². The summed E-state index contributed by atoms with van der Waals surface area (Å²) < 4.78 is 10.3. The smallest absolute Gasteiger partial charge is 0.122 e. The first-order chi connectivity index (χ1) is 5.69. The lowest BCUT2D eigenvalue weighted by Gasteiger charge is -1.99. The molecule has 0 aliphatic rings. The van der Waals surface area contributed by atoms with Gasteiger partial charge in [-0.1, -0.05) is 6.58 Å². The molecule has 0 saturated heterocycles. The van der Waals surface area contributed by atoms with Crippen molar-refractivity contribution in [1.82, 2.24) is 0 Å². The molecule has 0 atom stereocenters. The van der Waals surface area contributed by atoms with E-state index in [0.717, 1.165) is 17.1 Å². The van der Waals surface area contributed by atoms with Crippen LogP contribution in [0, 0.1) is 6.92 Å². The highest BCUT2D eigenvalue weighted by molar-refractivity contribution is 6.16. The molecule has 0 radical (unpaired) electrons. The first kappa shape index (κ1) is 9.20. The summed E-state index contributed by atoms with van der Waals surface area (Å²) in [7, 11) is 1.58. The molecule has 1 heterocycles. The van der Waals surface area contributed by atoms with Gasteiger partial charge in [-0.25, -0.2) is 0 Å². The molecule has 1 rings (SSSR count). The van der Waals surface area contributed by atoms with Crippen molar-refractivity contribution in [2.75, 3.05) is 7.11 Å². The maximum atomic E-state index is 5.60. The van der Waals surface area contributed by atoms with Crippen LogP contribution >= 0.6 is 11.6 Å². The number of halogens is 1. The zero-order chi connectivity index (χ0) is 9.14. The van der Waals surface area contributed by atoms with E-state index in [2.05, 4.69) is 6.58 Å². The monoisotopic (exact) mass is 186 g/mol. The van der Waals surface area contributed by atoms with Crippen LogP contribution in [0.25, 0.3) is 5.76 Å². The van der Waals surface area contributed by atoms with E-state index in [1.807, 2.05) is 13.0 Å². The number of furan rings is 1. The second kappa shape index (κ2) is 3.68. The standard InChI is InChI=1S/C9H11ClO2/c1-6(11-3)9-4-8(5-10)12-7(9)2/h4H,1,5H2,2-3H3. The van der Waals surface area contributed by atoms with E-state index in [-0.39, 0.29) is 0 Å². The second-order valence-electron chi connectivity index (χ2n) is 2.44. The van der Waals surface area contributed by atoms with Crippen molar-refractivity contribution in [3.63, 3.8) is 0 Å². The van der Waals surface area contributed by atoms with E-state index in [0.29, 0.717) is 11.6 Å². The van der Waals surface area contributed by atoms with Crippen molar-refractivity contribution in [2.24, 2.45) is 0 Å².